The lowest BCUT2D eigenvalue weighted by Crippen LogP contribution is -2.32. The van der Waals surface area contributed by atoms with E-state index in [-0.39, 0.29) is 29.2 Å². The van der Waals surface area contributed by atoms with E-state index in [1.807, 2.05) is 26.8 Å². The number of benzene rings is 2. The molecule has 0 radical (unpaired) electrons. The third-order valence-electron chi connectivity index (χ3n) is 4.78. The summed E-state index contributed by atoms with van der Waals surface area (Å²) in [5.41, 5.74) is 0.777. The van der Waals surface area contributed by atoms with E-state index >= 15 is 0 Å². The van der Waals surface area contributed by atoms with E-state index in [0.717, 1.165) is 5.56 Å². The second kappa shape index (κ2) is 8.34. The largest absolute Gasteiger partial charge is 0.497 e. The molecule has 1 atom stereocenters. The molecule has 3 aromatic rings. The molecule has 2 aromatic carbocycles. The number of hydrogen-bond donors (Lipinski definition) is 1. The molecule has 0 spiro atoms. The van der Waals surface area contributed by atoms with Crippen LogP contribution < -0.4 is 20.3 Å². The zero-order chi connectivity index (χ0) is 21.1. The molecule has 29 heavy (non-hydrogen) atoms. The van der Waals surface area contributed by atoms with Gasteiger partial charge in [-0.3, -0.25) is 9.59 Å². The Balaban J connectivity index is 2.03. The van der Waals surface area contributed by atoms with Crippen LogP contribution in [-0.2, 0) is 0 Å². The normalized spacial score (nSPS) is 12.1. The van der Waals surface area contributed by atoms with Crippen LogP contribution in [-0.4, -0.2) is 29.9 Å². The molecule has 1 unspecified atom stereocenters. The molecule has 0 aliphatic rings. The van der Waals surface area contributed by atoms with Gasteiger partial charge in [0.1, 0.15) is 11.5 Å². The second-order valence-corrected chi connectivity index (χ2v) is 7.04. The third kappa shape index (κ3) is 3.94. The lowest BCUT2D eigenvalue weighted by molar-refractivity contribution is 0.0933. The molecule has 0 aliphatic heterocycles. The lowest BCUT2D eigenvalue weighted by atomic mass is 10.1. The molecule has 0 saturated heterocycles. The molecular weight excluding hydrogens is 370 g/mol. The number of hydrogen-bond acceptors (Lipinski definition) is 5. The minimum absolute atomic E-state index is 0.172. The summed E-state index contributed by atoms with van der Waals surface area (Å²) in [4.78, 5) is 25.8. The molecule has 7 nitrogen and oxygen atoms in total. The van der Waals surface area contributed by atoms with Gasteiger partial charge in [-0.15, -0.1) is 0 Å². The quantitative estimate of drug-likeness (QED) is 0.691. The summed E-state index contributed by atoms with van der Waals surface area (Å²) in [7, 11) is 3.16. The van der Waals surface area contributed by atoms with Crippen LogP contribution in [0.4, 0.5) is 0 Å². The van der Waals surface area contributed by atoms with Gasteiger partial charge < -0.3 is 14.8 Å². The fourth-order valence-corrected chi connectivity index (χ4v) is 3.24. The van der Waals surface area contributed by atoms with Crippen LogP contribution in [0, 0.1) is 0 Å². The van der Waals surface area contributed by atoms with E-state index < -0.39 is 0 Å². The van der Waals surface area contributed by atoms with Crippen LogP contribution in [0.5, 0.6) is 11.5 Å². The number of rotatable bonds is 6. The Labute approximate surface area is 169 Å². The Morgan fingerprint density at radius 1 is 1.03 bits per heavy atom. The van der Waals surface area contributed by atoms with Crippen molar-refractivity contribution in [2.75, 3.05) is 14.2 Å². The fraction of sp³-hybridized carbons (Fsp3) is 0.318. The molecule has 152 valence electrons. The van der Waals surface area contributed by atoms with Gasteiger partial charge in [0.25, 0.3) is 11.5 Å². The number of methoxy groups -OCH3 is 2. The number of ether oxygens (including phenoxy) is 2. The SMILES string of the molecule is COc1ccc(OC)c(C(C)NC(=O)c2nn(C(C)C)c(=O)c3ccccc23)c1. The van der Waals surface area contributed by atoms with Crippen molar-refractivity contribution in [2.45, 2.75) is 32.9 Å². The number of amides is 1. The third-order valence-corrected chi connectivity index (χ3v) is 4.78. The minimum Gasteiger partial charge on any atom is -0.497 e. The van der Waals surface area contributed by atoms with Gasteiger partial charge in [-0.2, -0.15) is 5.10 Å². The maximum atomic E-state index is 13.1. The number of nitrogens with one attached hydrogen (secondary N) is 1. The molecule has 0 fully saturated rings. The number of fused-ring (bicyclic) bond motifs is 1. The van der Waals surface area contributed by atoms with Gasteiger partial charge in [0, 0.05) is 10.9 Å². The van der Waals surface area contributed by atoms with E-state index in [2.05, 4.69) is 10.4 Å². The summed E-state index contributed by atoms with van der Waals surface area (Å²) in [5, 5.41) is 8.31. The maximum Gasteiger partial charge on any atom is 0.274 e. The van der Waals surface area contributed by atoms with Crippen molar-refractivity contribution in [2.24, 2.45) is 0 Å². The highest BCUT2D eigenvalue weighted by molar-refractivity contribution is 6.04. The minimum atomic E-state index is -0.368. The summed E-state index contributed by atoms with van der Waals surface area (Å²) in [6, 6.07) is 11.9. The number of carbonyl (C=O) groups excluding carboxylic acids is 1. The van der Waals surface area contributed by atoms with Crippen LogP contribution in [0.25, 0.3) is 10.8 Å². The predicted octanol–water partition coefficient (Wildman–Crippen LogP) is 3.49. The highest BCUT2D eigenvalue weighted by atomic mass is 16.5. The van der Waals surface area contributed by atoms with Crippen LogP contribution in [0.3, 0.4) is 0 Å². The van der Waals surface area contributed by atoms with Gasteiger partial charge in [-0.1, -0.05) is 18.2 Å². The molecule has 1 amide bonds. The zero-order valence-electron chi connectivity index (χ0n) is 17.2. The summed E-state index contributed by atoms with van der Waals surface area (Å²) in [5.74, 6) is 0.940. The Morgan fingerprint density at radius 3 is 2.34 bits per heavy atom. The first kappa shape index (κ1) is 20.4. The summed E-state index contributed by atoms with van der Waals surface area (Å²) < 4.78 is 12.1. The molecule has 1 heterocycles. The van der Waals surface area contributed by atoms with Gasteiger partial charge in [0.15, 0.2) is 5.69 Å². The van der Waals surface area contributed by atoms with Crippen molar-refractivity contribution in [1.29, 1.82) is 0 Å². The fourth-order valence-electron chi connectivity index (χ4n) is 3.24. The van der Waals surface area contributed by atoms with Gasteiger partial charge >= 0.3 is 0 Å². The van der Waals surface area contributed by atoms with Crippen molar-refractivity contribution in [3.05, 3.63) is 64.1 Å². The average Bonchev–Trinajstić information content (AvgIpc) is 2.73. The first-order valence-corrected chi connectivity index (χ1v) is 9.41. The Hall–Kier alpha value is -3.35. The van der Waals surface area contributed by atoms with Gasteiger partial charge in [-0.05, 0) is 45.0 Å². The van der Waals surface area contributed by atoms with Crippen molar-refractivity contribution in [3.63, 3.8) is 0 Å². The van der Waals surface area contributed by atoms with Gasteiger partial charge in [0.2, 0.25) is 0 Å². The number of aromatic nitrogens is 2. The van der Waals surface area contributed by atoms with E-state index in [0.29, 0.717) is 22.3 Å². The molecule has 7 heteroatoms. The summed E-state index contributed by atoms with van der Waals surface area (Å²) in [6.45, 7) is 5.57. The summed E-state index contributed by atoms with van der Waals surface area (Å²) >= 11 is 0. The van der Waals surface area contributed by atoms with E-state index in [1.54, 1.807) is 50.6 Å². The smallest absolute Gasteiger partial charge is 0.274 e. The molecule has 0 bridgehead atoms. The maximum absolute atomic E-state index is 13.1. The van der Waals surface area contributed by atoms with Gasteiger partial charge in [0.05, 0.1) is 31.7 Å². The van der Waals surface area contributed by atoms with Crippen LogP contribution in [0.2, 0.25) is 0 Å². The van der Waals surface area contributed by atoms with E-state index in [4.69, 9.17) is 9.47 Å². The summed E-state index contributed by atoms with van der Waals surface area (Å²) in [6.07, 6.45) is 0. The van der Waals surface area contributed by atoms with Crippen LogP contribution in [0.1, 0.15) is 48.9 Å². The monoisotopic (exact) mass is 395 g/mol. The van der Waals surface area contributed by atoms with Crippen molar-refractivity contribution in [3.8, 4) is 11.5 Å². The Bertz CT molecular complexity index is 1100. The number of carbonyl (C=O) groups is 1. The highest BCUT2D eigenvalue weighted by Gasteiger charge is 2.21. The van der Waals surface area contributed by atoms with Crippen LogP contribution in [0.15, 0.2) is 47.3 Å². The Morgan fingerprint density at radius 2 is 1.72 bits per heavy atom. The van der Waals surface area contributed by atoms with E-state index in [1.165, 1.54) is 4.68 Å². The Kier molecular flexibility index (Phi) is 5.87. The molecular formula is C22H25N3O4. The highest BCUT2D eigenvalue weighted by Crippen LogP contribution is 2.29. The van der Waals surface area contributed by atoms with Crippen LogP contribution >= 0.6 is 0 Å². The standard InChI is InChI=1S/C22H25N3O4/c1-13(2)25-22(27)17-9-7-6-8-16(17)20(24-25)21(26)23-14(3)18-12-15(28-4)10-11-19(18)29-5/h6-14H,1-5H3,(H,23,26). The molecule has 0 saturated carbocycles. The first-order valence-electron chi connectivity index (χ1n) is 9.41. The predicted molar refractivity (Wildman–Crippen MR) is 112 cm³/mol. The molecule has 1 N–H and O–H groups in total. The van der Waals surface area contributed by atoms with E-state index in [9.17, 15) is 9.59 Å². The zero-order valence-corrected chi connectivity index (χ0v) is 17.2. The van der Waals surface area contributed by atoms with Gasteiger partial charge in [-0.25, -0.2) is 4.68 Å². The second-order valence-electron chi connectivity index (χ2n) is 7.04. The molecule has 0 aliphatic carbocycles. The molecule has 1 aromatic heterocycles. The van der Waals surface area contributed by atoms with Crippen molar-refractivity contribution >= 4 is 16.7 Å². The lowest BCUT2D eigenvalue weighted by Gasteiger charge is -2.19. The first-order chi connectivity index (χ1) is 13.9. The van der Waals surface area contributed by atoms with Crippen molar-refractivity contribution in [1.82, 2.24) is 15.1 Å². The molecule has 3 rings (SSSR count). The average molecular weight is 395 g/mol. The topological polar surface area (TPSA) is 82.4 Å². The number of nitrogens with zero attached hydrogens (tertiary/aromatic N) is 2. The van der Waals surface area contributed by atoms with Crippen molar-refractivity contribution < 1.29 is 14.3 Å².